The first kappa shape index (κ1) is 12.3. The highest BCUT2D eigenvalue weighted by molar-refractivity contribution is 5.62. The van der Waals surface area contributed by atoms with Crippen LogP contribution in [0.25, 0.3) is 0 Å². The highest BCUT2D eigenvalue weighted by Crippen LogP contribution is 2.17. The molecule has 0 radical (unpaired) electrons. The third-order valence-electron chi connectivity index (χ3n) is 2.20. The van der Waals surface area contributed by atoms with Gasteiger partial charge in [-0.25, -0.2) is 4.98 Å². The quantitative estimate of drug-likeness (QED) is 0.824. The van der Waals surface area contributed by atoms with Crippen LogP contribution in [0.4, 0.5) is 11.5 Å². The van der Waals surface area contributed by atoms with Crippen LogP contribution in [0, 0.1) is 5.92 Å². The summed E-state index contributed by atoms with van der Waals surface area (Å²) in [6.07, 6.45) is 3.10. The van der Waals surface area contributed by atoms with Gasteiger partial charge < -0.3 is 15.2 Å². The maximum atomic E-state index is 11.6. The second kappa shape index (κ2) is 4.83. The summed E-state index contributed by atoms with van der Waals surface area (Å²) in [4.78, 5) is 17.6. The minimum absolute atomic E-state index is 0.158. The molecule has 1 aromatic rings. The molecule has 0 aliphatic rings. The van der Waals surface area contributed by atoms with Crippen LogP contribution in [-0.4, -0.2) is 16.1 Å². The number of aryl methyl sites for hydroxylation is 1. The van der Waals surface area contributed by atoms with E-state index in [9.17, 15) is 4.79 Å². The molecule has 1 aromatic heterocycles. The molecule has 5 heteroatoms. The van der Waals surface area contributed by atoms with Crippen molar-refractivity contribution >= 4 is 11.5 Å². The summed E-state index contributed by atoms with van der Waals surface area (Å²) in [6, 6.07) is 0. The molecule has 0 unspecified atom stereocenters. The van der Waals surface area contributed by atoms with Gasteiger partial charge in [0.2, 0.25) is 0 Å². The predicted molar refractivity (Wildman–Crippen MR) is 66.3 cm³/mol. The number of hydrogen-bond donors (Lipinski definition) is 1. The Bertz CT molecular complexity index is 436. The van der Waals surface area contributed by atoms with Crippen LogP contribution in [0.3, 0.4) is 0 Å². The Labute approximate surface area is 95.2 Å². The molecule has 0 saturated heterocycles. The van der Waals surface area contributed by atoms with Gasteiger partial charge in [-0.1, -0.05) is 20.4 Å². The van der Waals surface area contributed by atoms with Gasteiger partial charge in [0.05, 0.1) is 6.33 Å². The molecule has 0 aliphatic heterocycles. The van der Waals surface area contributed by atoms with Crippen LogP contribution < -0.4 is 16.2 Å². The van der Waals surface area contributed by atoms with Crippen molar-refractivity contribution in [2.75, 3.05) is 17.2 Å². The summed E-state index contributed by atoms with van der Waals surface area (Å²) in [5, 5.41) is 0. The maximum absolute atomic E-state index is 11.6. The van der Waals surface area contributed by atoms with E-state index in [1.807, 2.05) is 0 Å². The Hall–Kier alpha value is -1.78. The average molecular weight is 222 g/mol. The third-order valence-corrected chi connectivity index (χ3v) is 2.20. The van der Waals surface area contributed by atoms with Crippen LogP contribution in [0.2, 0.25) is 0 Å². The Balaban J connectivity index is 3.16. The van der Waals surface area contributed by atoms with Crippen LogP contribution in [0.5, 0.6) is 0 Å². The lowest BCUT2D eigenvalue weighted by Crippen LogP contribution is -2.28. The molecular formula is C11H18N4O. The number of hydrogen-bond acceptors (Lipinski definition) is 4. The Morgan fingerprint density at radius 3 is 2.81 bits per heavy atom. The average Bonchev–Trinajstić information content (AvgIpc) is 2.23. The Morgan fingerprint density at radius 1 is 1.69 bits per heavy atom. The molecule has 0 fully saturated rings. The second-order valence-electron chi connectivity index (χ2n) is 4.13. The molecule has 0 bridgehead atoms. The monoisotopic (exact) mass is 222 g/mol. The van der Waals surface area contributed by atoms with Crippen molar-refractivity contribution in [2.24, 2.45) is 13.0 Å². The molecule has 1 rings (SSSR count). The van der Waals surface area contributed by atoms with Crippen molar-refractivity contribution in [3.05, 3.63) is 29.5 Å². The molecule has 0 saturated carbocycles. The zero-order valence-corrected chi connectivity index (χ0v) is 9.97. The van der Waals surface area contributed by atoms with E-state index in [-0.39, 0.29) is 11.2 Å². The summed E-state index contributed by atoms with van der Waals surface area (Å²) < 4.78 is 1.36. The van der Waals surface area contributed by atoms with Gasteiger partial charge in [-0.3, -0.25) is 4.79 Å². The van der Waals surface area contributed by atoms with Gasteiger partial charge in [0.15, 0.2) is 5.82 Å². The normalized spacial score (nSPS) is 10.5. The molecule has 88 valence electrons. The summed E-state index contributed by atoms with van der Waals surface area (Å²) in [5.74, 6) is 0.912. The molecule has 0 amide bonds. The molecule has 5 nitrogen and oxygen atoms in total. The fourth-order valence-electron chi connectivity index (χ4n) is 1.42. The summed E-state index contributed by atoms with van der Waals surface area (Å²) in [7, 11) is 1.62. The fourth-order valence-corrected chi connectivity index (χ4v) is 1.42. The van der Waals surface area contributed by atoms with Crippen molar-refractivity contribution in [1.82, 2.24) is 9.55 Å². The summed E-state index contributed by atoms with van der Waals surface area (Å²) in [5.41, 5.74) is 5.67. The summed E-state index contributed by atoms with van der Waals surface area (Å²) in [6.45, 7) is 8.59. The van der Waals surface area contributed by atoms with Crippen LogP contribution >= 0.6 is 0 Å². The Kier molecular flexibility index (Phi) is 3.71. The maximum Gasteiger partial charge on any atom is 0.278 e. The van der Waals surface area contributed by atoms with Gasteiger partial charge in [0.25, 0.3) is 5.56 Å². The van der Waals surface area contributed by atoms with Crippen molar-refractivity contribution in [2.45, 2.75) is 13.8 Å². The topological polar surface area (TPSA) is 64.2 Å². The second-order valence-corrected chi connectivity index (χ2v) is 4.13. The van der Waals surface area contributed by atoms with E-state index >= 15 is 0 Å². The number of nitrogens with zero attached hydrogens (tertiary/aromatic N) is 3. The lowest BCUT2D eigenvalue weighted by molar-refractivity contribution is 0.644. The van der Waals surface area contributed by atoms with Crippen molar-refractivity contribution in [1.29, 1.82) is 0 Å². The predicted octanol–water partition coefficient (Wildman–Crippen LogP) is 0.968. The third kappa shape index (κ3) is 2.42. The van der Waals surface area contributed by atoms with Gasteiger partial charge in [0.1, 0.15) is 5.69 Å². The van der Waals surface area contributed by atoms with E-state index in [1.165, 1.54) is 10.9 Å². The number of nitrogen functional groups attached to an aromatic ring is 1. The van der Waals surface area contributed by atoms with Gasteiger partial charge in [-0.15, -0.1) is 0 Å². The molecule has 0 aromatic carbocycles. The van der Waals surface area contributed by atoms with Gasteiger partial charge in [-0.05, 0) is 12.1 Å². The van der Waals surface area contributed by atoms with Crippen LogP contribution in [0.15, 0.2) is 23.9 Å². The first-order valence-corrected chi connectivity index (χ1v) is 5.17. The summed E-state index contributed by atoms with van der Waals surface area (Å²) >= 11 is 0. The minimum atomic E-state index is -0.236. The number of aromatic nitrogens is 2. The molecule has 0 spiro atoms. The first-order valence-electron chi connectivity index (χ1n) is 5.17. The number of anilines is 2. The molecule has 0 atom stereocenters. The molecule has 1 heterocycles. The highest BCUT2D eigenvalue weighted by Gasteiger charge is 2.13. The molecule has 0 aliphatic carbocycles. The van der Waals surface area contributed by atoms with E-state index in [0.29, 0.717) is 11.7 Å². The highest BCUT2D eigenvalue weighted by atomic mass is 16.1. The van der Waals surface area contributed by atoms with Gasteiger partial charge in [-0.2, -0.15) is 0 Å². The lowest BCUT2D eigenvalue weighted by Gasteiger charge is -2.22. The van der Waals surface area contributed by atoms with Crippen LogP contribution in [-0.2, 0) is 7.05 Å². The van der Waals surface area contributed by atoms with E-state index < -0.39 is 0 Å². The molecule has 16 heavy (non-hydrogen) atoms. The Morgan fingerprint density at radius 2 is 2.31 bits per heavy atom. The lowest BCUT2D eigenvalue weighted by atomic mass is 10.2. The van der Waals surface area contributed by atoms with Gasteiger partial charge >= 0.3 is 0 Å². The molecular weight excluding hydrogens is 204 g/mol. The smallest absolute Gasteiger partial charge is 0.278 e. The number of rotatable bonds is 4. The van der Waals surface area contributed by atoms with Crippen molar-refractivity contribution < 1.29 is 0 Å². The minimum Gasteiger partial charge on any atom is -0.391 e. The largest absolute Gasteiger partial charge is 0.391 e. The van der Waals surface area contributed by atoms with E-state index in [0.717, 1.165) is 6.54 Å². The fraction of sp³-hybridized carbons (Fsp3) is 0.455. The SMILES string of the molecule is C=CN(CC(C)C)c1ncn(C)c(=O)c1N. The van der Waals surface area contributed by atoms with E-state index in [4.69, 9.17) is 5.73 Å². The van der Waals surface area contributed by atoms with Crippen LogP contribution in [0.1, 0.15) is 13.8 Å². The van der Waals surface area contributed by atoms with Crippen molar-refractivity contribution in [3.8, 4) is 0 Å². The van der Waals surface area contributed by atoms with E-state index in [2.05, 4.69) is 25.4 Å². The molecule has 2 N–H and O–H groups in total. The first-order chi connectivity index (χ1) is 7.47. The van der Waals surface area contributed by atoms with Gasteiger partial charge in [0, 0.05) is 13.6 Å². The zero-order chi connectivity index (χ0) is 12.3. The van der Waals surface area contributed by atoms with Crippen molar-refractivity contribution in [3.63, 3.8) is 0 Å². The standard InChI is InChI=1S/C11H18N4O/c1-5-15(6-8(2)3)10-9(12)11(16)14(4)7-13-10/h5,7-8H,1,6,12H2,2-4H3. The number of nitrogens with two attached hydrogens (primary N) is 1. The van der Waals surface area contributed by atoms with E-state index in [1.54, 1.807) is 18.1 Å². The zero-order valence-electron chi connectivity index (χ0n) is 9.97.